The van der Waals surface area contributed by atoms with Crippen LogP contribution in [0, 0.1) is 11.3 Å². The summed E-state index contributed by atoms with van der Waals surface area (Å²) >= 11 is 0. The number of carbonyl (C=O) groups is 3. The highest BCUT2D eigenvalue weighted by Gasteiger charge is 2.43. The second kappa shape index (κ2) is 11.3. The minimum absolute atomic E-state index is 0.187. The number of carboxylic acid groups (broad SMARTS) is 2. The molecule has 168 valence electrons. The summed E-state index contributed by atoms with van der Waals surface area (Å²) in [5.74, 6) is -1.30. The van der Waals surface area contributed by atoms with Crippen LogP contribution in [0.2, 0.25) is 0 Å². The minimum atomic E-state index is -1.19. The number of nitriles is 1. The van der Waals surface area contributed by atoms with Crippen molar-refractivity contribution in [1.82, 2.24) is 14.6 Å². The number of ether oxygens (including phenoxy) is 3. The number of nitrogens with zero attached hydrogens (tertiary/aromatic N) is 4. The number of methoxy groups -OCH3 is 1. The van der Waals surface area contributed by atoms with Gasteiger partial charge in [0.1, 0.15) is 30.6 Å². The van der Waals surface area contributed by atoms with Crippen LogP contribution < -0.4 is 5.73 Å². The molecule has 2 atom stereocenters. The molecular formula is C18H23N5O8. The number of nitrogens with two attached hydrogens (primary N) is 1. The first-order valence-corrected chi connectivity index (χ1v) is 8.82. The van der Waals surface area contributed by atoms with Crippen LogP contribution in [0.5, 0.6) is 0 Å². The average Bonchev–Trinajstić information content (AvgIpc) is 3.31. The second-order valence-corrected chi connectivity index (χ2v) is 6.23. The Morgan fingerprint density at radius 3 is 2.52 bits per heavy atom. The minimum Gasteiger partial charge on any atom is -0.481 e. The molecule has 31 heavy (non-hydrogen) atoms. The zero-order valence-electron chi connectivity index (χ0n) is 17.1. The van der Waals surface area contributed by atoms with E-state index in [9.17, 15) is 10.1 Å². The third-order valence-electron chi connectivity index (χ3n) is 3.81. The van der Waals surface area contributed by atoms with Crippen molar-refractivity contribution < 1.29 is 38.8 Å². The van der Waals surface area contributed by atoms with Crippen molar-refractivity contribution in [3.05, 3.63) is 24.2 Å². The van der Waals surface area contributed by atoms with E-state index in [0.717, 1.165) is 19.5 Å². The van der Waals surface area contributed by atoms with Crippen LogP contribution in [0.1, 0.15) is 38.5 Å². The van der Waals surface area contributed by atoms with Gasteiger partial charge in [-0.1, -0.05) is 0 Å². The maximum Gasteiger partial charge on any atom is 0.508 e. The highest BCUT2D eigenvalue weighted by molar-refractivity contribution is 5.65. The Labute approximate surface area is 176 Å². The molecule has 0 saturated carbocycles. The largest absolute Gasteiger partial charge is 0.508 e. The van der Waals surface area contributed by atoms with Gasteiger partial charge in [0, 0.05) is 13.8 Å². The molecule has 3 rings (SSSR count). The summed E-state index contributed by atoms with van der Waals surface area (Å²) in [7, 11) is 1.20. The molecule has 2 aromatic rings. The van der Waals surface area contributed by atoms with Crippen LogP contribution >= 0.6 is 0 Å². The molecule has 2 aromatic heterocycles. The predicted octanol–water partition coefficient (Wildman–Crippen LogP) is 1.39. The van der Waals surface area contributed by atoms with Crippen LogP contribution in [0.25, 0.3) is 5.52 Å². The molecule has 0 amide bonds. The zero-order valence-corrected chi connectivity index (χ0v) is 17.1. The van der Waals surface area contributed by atoms with Gasteiger partial charge in [-0.05, 0) is 25.0 Å². The van der Waals surface area contributed by atoms with E-state index < -0.39 is 23.7 Å². The molecule has 1 saturated heterocycles. The molecule has 0 aromatic carbocycles. The summed E-state index contributed by atoms with van der Waals surface area (Å²) in [6.45, 7) is 1.98. The van der Waals surface area contributed by atoms with E-state index in [0.29, 0.717) is 24.2 Å². The fourth-order valence-electron chi connectivity index (χ4n) is 2.63. The molecular weight excluding hydrogens is 414 g/mol. The predicted molar refractivity (Wildman–Crippen MR) is 104 cm³/mol. The number of aliphatic carboxylic acids is 2. The first kappa shape index (κ1) is 25.1. The average molecular weight is 437 g/mol. The second-order valence-electron chi connectivity index (χ2n) is 6.23. The van der Waals surface area contributed by atoms with Crippen molar-refractivity contribution in [2.75, 3.05) is 19.5 Å². The summed E-state index contributed by atoms with van der Waals surface area (Å²) in [5, 5.41) is 28.4. The third kappa shape index (κ3) is 7.44. The van der Waals surface area contributed by atoms with Crippen molar-refractivity contribution in [1.29, 1.82) is 5.26 Å². The van der Waals surface area contributed by atoms with E-state index in [2.05, 4.69) is 20.9 Å². The molecule has 4 N–H and O–H groups in total. The topological polar surface area (TPSA) is 199 Å². The molecule has 1 fully saturated rings. The Bertz CT molecular complexity index is 950. The Morgan fingerprint density at radius 1 is 1.35 bits per heavy atom. The number of nitrogen functional groups attached to an aromatic ring is 1. The van der Waals surface area contributed by atoms with Crippen LogP contribution in [0.3, 0.4) is 0 Å². The molecule has 1 aliphatic rings. The van der Waals surface area contributed by atoms with Crippen LogP contribution in [0.15, 0.2) is 18.5 Å². The van der Waals surface area contributed by atoms with Crippen molar-refractivity contribution in [2.24, 2.45) is 0 Å². The molecule has 13 nitrogen and oxygen atoms in total. The maximum absolute atomic E-state index is 11.1. The van der Waals surface area contributed by atoms with Crippen molar-refractivity contribution >= 4 is 29.4 Å². The summed E-state index contributed by atoms with van der Waals surface area (Å²) < 4.78 is 16.8. The van der Waals surface area contributed by atoms with E-state index in [1.165, 1.54) is 13.4 Å². The van der Waals surface area contributed by atoms with Gasteiger partial charge >= 0.3 is 6.16 Å². The van der Waals surface area contributed by atoms with E-state index in [1.54, 1.807) is 10.6 Å². The summed E-state index contributed by atoms with van der Waals surface area (Å²) in [4.78, 5) is 33.0. The number of rotatable bonds is 3. The normalized spacial score (nSPS) is 19.1. The number of carbonyl (C=O) groups excluding carboxylic acids is 1. The summed E-state index contributed by atoms with van der Waals surface area (Å²) in [5.41, 5.74) is 6.06. The smallest absolute Gasteiger partial charge is 0.481 e. The zero-order chi connectivity index (χ0) is 23.6. The van der Waals surface area contributed by atoms with E-state index in [1.807, 2.05) is 6.07 Å². The van der Waals surface area contributed by atoms with Gasteiger partial charge in [0.25, 0.3) is 11.9 Å². The highest BCUT2D eigenvalue weighted by atomic mass is 16.7. The van der Waals surface area contributed by atoms with Crippen molar-refractivity contribution in [3.63, 3.8) is 0 Å². The molecule has 0 aliphatic carbocycles. The molecule has 0 bridgehead atoms. The number of carboxylic acids is 2. The van der Waals surface area contributed by atoms with Crippen LogP contribution in [-0.2, 0) is 23.8 Å². The number of hydrogen-bond donors (Lipinski definition) is 3. The quantitative estimate of drug-likeness (QED) is 0.584. The molecule has 0 radical (unpaired) electrons. The maximum atomic E-state index is 11.1. The van der Waals surface area contributed by atoms with Gasteiger partial charge in [-0.25, -0.2) is 14.3 Å². The number of fused-ring (bicyclic) bond motifs is 1. The summed E-state index contributed by atoms with van der Waals surface area (Å²) in [6.07, 6.45) is 1.18. The van der Waals surface area contributed by atoms with Gasteiger partial charge in [0.05, 0.1) is 12.8 Å². The fraction of sp³-hybridized carbons (Fsp3) is 0.444. The van der Waals surface area contributed by atoms with Crippen LogP contribution in [-0.4, -0.2) is 62.2 Å². The Morgan fingerprint density at radius 2 is 1.97 bits per heavy atom. The molecule has 13 heteroatoms. The van der Waals surface area contributed by atoms with E-state index in [4.69, 9.17) is 35.0 Å². The number of hydrogen-bond acceptors (Lipinski definition) is 10. The van der Waals surface area contributed by atoms with Crippen molar-refractivity contribution in [3.8, 4) is 6.07 Å². The standard InChI is InChI=1S/C14H15N5O4.2C2H4O2/c1-21-13(20)22-7-14(6-15)5-4-11(23-14)9-2-3-10-12(16)17-8-18-19(9)10;2*1-2(3)4/h2-3,8,11H,4-5,7H2,1H3,(H2,16,17,18);2*1H3,(H,3,4). The van der Waals surface area contributed by atoms with Crippen molar-refractivity contribution in [2.45, 2.75) is 38.4 Å². The van der Waals surface area contributed by atoms with Gasteiger partial charge in [-0.15, -0.1) is 0 Å². The first-order chi connectivity index (χ1) is 14.5. The Kier molecular flexibility index (Phi) is 9.17. The lowest BCUT2D eigenvalue weighted by atomic mass is 10.0. The molecule has 1 aliphatic heterocycles. The lowest BCUT2D eigenvalue weighted by Gasteiger charge is -2.21. The van der Waals surface area contributed by atoms with Gasteiger partial charge in [-0.2, -0.15) is 10.4 Å². The van der Waals surface area contributed by atoms with Gasteiger partial charge < -0.3 is 30.2 Å². The van der Waals surface area contributed by atoms with Crippen LogP contribution in [0.4, 0.5) is 10.6 Å². The van der Waals surface area contributed by atoms with Gasteiger partial charge in [0.15, 0.2) is 11.4 Å². The number of aromatic nitrogens is 3. The lowest BCUT2D eigenvalue weighted by Crippen LogP contribution is -2.33. The fourth-order valence-corrected chi connectivity index (χ4v) is 2.63. The highest BCUT2D eigenvalue weighted by Crippen LogP contribution is 2.40. The molecule has 3 heterocycles. The molecule has 2 unspecified atom stereocenters. The third-order valence-corrected chi connectivity index (χ3v) is 3.81. The molecule has 0 spiro atoms. The van der Waals surface area contributed by atoms with E-state index in [-0.39, 0.29) is 12.7 Å². The Balaban J connectivity index is 0.000000519. The first-order valence-electron chi connectivity index (χ1n) is 8.82. The summed E-state index contributed by atoms with van der Waals surface area (Å²) in [6, 6.07) is 5.72. The lowest BCUT2D eigenvalue weighted by molar-refractivity contribution is -0.135. The SMILES string of the molecule is CC(=O)O.CC(=O)O.COC(=O)OCC1(C#N)CCC(c2ccc3c(N)ncnn23)O1. The van der Waals surface area contributed by atoms with Gasteiger partial charge in [0.2, 0.25) is 0 Å². The van der Waals surface area contributed by atoms with E-state index >= 15 is 0 Å². The monoisotopic (exact) mass is 437 g/mol. The van der Waals surface area contributed by atoms with Gasteiger partial charge in [-0.3, -0.25) is 9.59 Å². The number of anilines is 1. The Hall–Kier alpha value is -3.92.